The van der Waals surface area contributed by atoms with Gasteiger partial charge in [0.2, 0.25) is 0 Å². The lowest BCUT2D eigenvalue weighted by Crippen LogP contribution is -2.36. The monoisotopic (exact) mass is 338 g/mol. The molecule has 0 aliphatic rings. The van der Waals surface area contributed by atoms with Crippen molar-refractivity contribution in [1.82, 2.24) is 0 Å². The molecule has 0 saturated heterocycles. The molecule has 0 N–H and O–H groups in total. The number of esters is 2. The zero-order valence-electron chi connectivity index (χ0n) is 13.5. The highest BCUT2D eigenvalue weighted by Crippen LogP contribution is 2.13. The van der Waals surface area contributed by atoms with Crippen molar-refractivity contribution < 1.29 is 31.7 Å². The summed E-state index contributed by atoms with van der Waals surface area (Å²) in [7, 11) is -4.22. The molecule has 7 nitrogen and oxygen atoms in total. The normalized spacial score (nSPS) is 12.7. The van der Waals surface area contributed by atoms with Crippen LogP contribution in [0.15, 0.2) is 0 Å². The molecule has 0 spiro atoms. The third-order valence-corrected chi connectivity index (χ3v) is 4.35. The Hall–Kier alpha value is -1.15. The number of unbranched alkanes of at least 4 members (excludes halogenated alkanes) is 3. The first-order chi connectivity index (χ1) is 10.4. The van der Waals surface area contributed by atoms with Crippen molar-refractivity contribution in [3.8, 4) is 0 Å². The summed E-state index contributed by atoms with van der Waals surface area (Å²) in [5.41, 5.74) is 0. The third-order valence-electron chi connectivity index (χ3n) is 2.80. The Morgan fingerprint density at radius 2 is 1.59 bits per heavy atom. The Morgan fingerprint density at radius 3 is 2.14 bits per heavy atom. The molecule has 0 saturated carbocycles. The number of hydrogen-bond acceptors (Lipinski definition) is 7. The van der Waals surface area contributed by atoms with Gasteiger partial charge in [0, 0.05) is 0 Å². The first-order valence-corrected chi connectivity index (χ1v) is 9.06. The molecule has 22 heavy (non-hydrogen) atoms. The summed E-state index contributed by atoms with van der Waals surface area (Å²) in [6.45, 7) is 5.29. The van der Waals surface area contributed by atoms with E-state index >= 15 is 0 Å². The average molecular weight is 338 g/mol. The largest absolute Gasteiger partial charge is 0.466 e. The van der Waals surface area contributed by atoms with Gasteiger partial charge in [0.25, 0.3) is 10.1 Å². The second-order valence-corrected chi connectivity index (χ2v) is 6.42. The fraction of sp³-hybridized carbons (Fsp3) is 0.857. The van der Waals surface area contributed by atoms with Crippen LogP contribution in [-0.4, -0.2) is 45.4 Å². The topological polar surface area (TPSA) is 96.0 Å². The van der Waals surface area contributed by atoms with Crippen LogP contribution >= 0.6 is 0 Å². The lowest BCUT2D eigenvalue weighted by atomic mass is 10.2. The van der Waals surface area contributed by atoms with E-state index in [0.29, 0.717) is 6.42 Å². The average Bonchev–Trinajstić information content (AvgIpc) is 2.45. The van der Waals surface area contributed by atoms with Crippen LogP contribution in [-0.2, 0) is 33.4 Å². The number of carbonyl (C=O) groups excluding carboxylic acids is 2. The Labute approximate surface area is 132 Å². The number of hydrogen-bond donors (Lipinski definition) is 0. The van der Waals surface area contributed by atoms with E-state index in [-0.39, 0.29) is 19.8 Å². The van der Waals surface area contributed by atoms with Crippen molar-refractivity contribution in [2.24, 2.45) is 0 Å². The van der Waals surface area contributed by atoms with Gasteiger partial charge < -0.3 is 9.47 Å². The van der Waals surface area contributed by atoms with Crippen LogP contribution in [0, 0.1) is 0 Å². The summed E-state index contributed by atoms with van der Waals surface area (Å²) < 4.78 is 38.4. The smallest absolute Gasteiger partial charge is 0.327 e. The highest BCUT2D eigenvalue weighted by Gasteiger charge is 2.37. The summed E-state index contributed by atoms with van der Waals surface area (Å²) in [4.78, 5) is 23.2. The molecule has 8 heteroatoms. The second-order valence-electron chi connectivity index (χ2n) is 4.63. The fourth-order valence-electron chi connectivity index (χ4n) is 1.70. The Balaban J connectivity index is 4.74. The SMILES string of the molecule is CCCCCCOS(=O)(=O)C(CC(=O)OCC)C(=O)OCC. The summed E-state index contributed by atoms with van der Waals surface area (Å²) in [6, 6.07) is 0. The van der Waals surface area contributed by atoms with Gasteiger partial charge in [-0.05, 0) is 20.3 Å². The molecule has 0 aliphatic carbocycles. The molecule has 0 amide bonds. The van der Waals surface area contributed by atoms with Gasteiger partial charge in [0.1, 0.15) is 0 Å². The number of rotatable bonds is 12. The standard InChI is InChI=1S/C14H26O7S/c1-4-7-8-9-10-21-22(17,18)12(14(16)20-6-3)11-13(15)19-5-2/h12H,4-11H2,1-3H3. The Kier molecular flexibility index (Phi) is 10.8. The van der Waals surface area contributed by atoms with Crippen LogP contribution in [0.25, 0.3) is 0 Å². The molecular weight excluding hydrogens is 312 g/mol. The van der Waals surface area contributed by atoms with Crippen LogP contribution in [0.5, 0.6) is 0 Å². The number of ether oxygens (including phenoxy) is 2. The molecular formula is C14H26O7S. The van der Waals surface area contributed by atoms with E-state index in [9.17, 15) is 18.0 Å². The van der Waals surface area contributed by atoms with E-state index in [1.54, 1.807) is 13.8 Å². The molecule has 0 aromatic rings. The lowest BCUT2D eigenvalue weighted by Gasteiger charge is -2.15. The van der Waals surface area contributed by atoms with Crippen molar-refractivity contribution in [1.29, 1.82) is 0 Å². The Morgan fingerprint density at radius 1 is 0.955 bits per heavy atom. The maximum atomic E-state index is 12.1. The van der Waals surface area contributed by atoms with Crippen molar-refractivity contribution in [3.63, 3.8) is 0 Å². The summed E-state index contributed by atoms with van der Waals surface area (Å²) >= 11 is 0. The zero-order valence-corrected chi connectivity index (χ0v) is 14.3. The van der Waals surface area contributed by atoms with Crippen molar-refractivity contribution in [2.45, 2.75) is 58.1 Å². The van der Waals surface area contributed by atoms with Gasteiger partial charge in [-0.3, -0.25) is 13.8 Å². The minimum atomic E-state index is -4.22. The van der Waals surface area contributed by atoms with E-state index in [4.69, 9.17) is 8.92 Å². The molecule has 1 atom stereocenters. The highest BCUT2D eigenvalue weighted by atomic mass is 32.2. The van der Waals surface area contributed by atoms with Crippen LogP contribution in [0.1, 0.15) is 52.9 Å². The zero-order chi connectivity index (χ0) is 17.0. The van der Waals surface area contributed by atoms with Crippen molar-refractivity contribution >= 4 is 22.1 Å². The highest BCUT2D eigenvalue weighted by molar-refractivity contribution is 7.88. The molecule has 0 aromatic carbocycles. The first kappa shape index (κ1) is 20.9. The minimum absolute atomic E-state index is 0.0128. The minimum Gasteiger partial charge on any atom is -0.466 e. The quantitative estimate of drug-likeness (QED) is 0.304. The summed E-state index contributed by atoms with van der Waals surface area (Å²) in [6.07, 6.45) is 2.80. The van der Waals surface area contributed by atoms with Crippen molar-refractivity contribution in [2.75, 3.05) is 19.8 Å². The molecule has 130 valence electrons. The molecule has 0 fully saturated rings. The molecule has 0 radical (unpaired) electrons. The third kappa shape index (κ3) is 8.33. The van der Waals surface area contributed by atoms with Gasteiger partial charge in [-0.1, -0.05) is 26.2 Å². The maximum absolute atomic E-state index is 12.1. The van der Waals surface area contributed by atoms with Gasteiger partial charge >= 0.3 is 11.9 Å². The molecule has 0 aliphatic heterocycles. The van der Waals surface area contributed by atoms with Gasteiger partial charge in [0.05, 0.1) is 26.2 Å². The van der Waals surface area contributed by atoms with Gasteiger partial charge in [-0.15, -0.1) is 0 Å². The van der Waals surface area contributed by atoms with Gasteiger partial charge in [0.15, 0.2) is 5.25 Å². The van der Waals surface area contributed by atoms with Gasteiger partial charge in [-0.25, -0.2) is 0 Å². The number of carbonyl (C=O) groups is 2. The first-order valence-electron chi connectivity index (χ1n) is 7.59. The van der Waals surface area contributed by atoms with E-state index in [0.717, 1.165) is 19.3 Å². The Bertz CT molecular complexity index is 430. The second kappa shape index (κ2) is 11.4. The predicted octanol–water partition coefficient (Wildman–Crippen LogP) is 1.80. The van der Waals surface area contributed by atoms with Crippen LogP contribution < -0.4 is 0 Å². The fourth-order valence-corrected chi connectivity index (χ4v) is 2.85. The van der Waals surface area contributed by atoms with E-state index in [1.165, 1.54) is 0 Å². The van der Waals surface area contributed by atoms with E-state index in [2.05, 4.69) is 4.74 Å². The van der Waals surface area contributed by atoms with E-state index < -0.39 is 33.7 Å². The van der Waals surface area contributed by atoms with Crippen molar-refractivity contribution in [3.05, 3.63) is 0 Å². The maximum Gasteiger partial charge on any atom is 0.327 e. The lowest BCUT2D eigenvalue weighted by molar-refractivity contribution is -0.149. The van der Waals surface area contributed by atoms with Crippen LogP contribution in [0.4, 0.5) is 0 Å². The van der Waals surface area contributed by atoms with Crippen LogP contribution in [0.2, 0.25) is 0 Å². The summed E-state index contributed by atoms with van der Waals surface area (Å²) in [5, 5.41) is -1.68. The molecule has 0 heterocycles. The molecule has 1 unspecified atom stereocenters. The molecule has 0 aromatic heterocycles. The van der Waals surface area contributed by atoms with E-state index in [1.807, 2.05) is 6.92 Å². The predicted molar refractivity (Wildman–Crippen MR) is 80.7 cm³/mol. The summed E-state index contributed by atoms with van der Waals surface area (Å²) in [5.74, 6) is -1.78. The molecule has 0 rings (SSSR count). The molecule has 0 bridgehead atoms. The van der Waals surface area contributed by atoms with Crippen LogP contribution in [0.3, 0.4) is 0 Å². The van der Waals surface area contributed by atoms with Gasteiger partial charge in [-0.2, -0.15) is 8.42 Å².